The molecule has 0 bridgehead atoms. The summed E-state index contributed by atoms with van der Waals surface area (Å²) < 4.78 is 13.8. The summed E-state index contributed by atoms with van der Waals surface area (Å²) in [5.41, 5.74) is 4.95. The van der Waals surface area contributed by atoms with Gasteiger partial charge < -0.3 is 5.32 Å². The Morgan fingerprint density at radius 3 is 2.55 bits per heavy atom. The van der Waals surface area contributed by atoms with Gasteiger partial charge in [-0.25, -0.2) is 4.39 Å². The van der Waals surface area contributed by atoms with Crippen LogP contribution >= 0.6 is 11.6 Å². The molecular formula is C17H19ClFN. The molecule has 0 aliphatic heterocycles. The summed E-state index contributed by atoms with van der Waals surface area (Å²) in [5, 5.41) is 3.92. The Labute approximate surface area is 124 Å². The number of hydrogen-bond acceptors (Lipinski definition) is 1. The first-order valence-corrected chi connectivity index (χ1v) is 7.17. The minimum absolute atomic E-state index is 0.168. The zero-order valence-electron chi connectivity index (χ0n) is 12.1. The van der Waals surface area contributed by atoms with Gasteiger partial charge in [-0.05, 0) is 66.9 Å². The lowest BCUT2D eigenvalue weighted by atomic mass is 9.97. The fraction of sp³-hybridized carbons (Fsp3) is 0.294. The van der Waals surface area contributed by atoms with Gasteiger partial charge in [0.15, 0.2) is 0 Å². The Balaban J connectivity index is 2.45. The summed E-state index contributed by atoms with van der Waals surface area (Å²) in [6.07, 6.45) is 0. The maximum Gasteiger partial charge on any atom is 0.127 e. The molecule has 0 radical (unpaired) electrons. The van der Waals surface area contributed by atoms with Crippen molar-refractivity contribution >= 4 is 11.6 Å². The molecule has 3 heteroatoms. The van der Waals surface area contributed by atoms with Gasteiger partial charge in [0.05, 0.1) is 0 Å². The SMILES string of the molecule is CCNCc1cc(-c2cc(C)c(Cl)cc2C)ccc1F. The van der Waals surface area contributed by atoms with Crippen molar-refractivity contribution in [2.24, 2.45) is 0 Å². The molecule has 2 aromatic rings. The summed E-state index contributed by atoms with van der Waals surface area (Å²) in [5.74, 6) is -0.168. The van der Waals surface area contributed by atoms with E-state index in [9.17, 15) is 4.39 Å². The molecule has 0 saturated heterocycles. The van der Waals surface area contributed by atoms with Crippen molar-refractivity contribution in [3.63, 3.8) is 0 Å². The van der Waals surface area contributed by atoms with Gasteiger partial charge in [-0.15, -0.1) is 0 Å². The van der Waals surface area contributed by atoms with Crippen LogP contribution in [0.5, 0.6) is 0 Å². The lowest BCUT2D eigenvalue weighted by Crippen LogP contribution is -2.13. The van der Waals surface area contributed by atoms with Crippen LogP contribution in [0.25, 0.3) is 11.1 Å². The van der Waals surface area contributed by atoms with Crippen molar-refractivity contribution < 1.29 is 4.39 Å². The van der Waals surface area contributed by atoms with Crippen LogP contribution in [0.4, 0.5) is 4.39 Å². The molecule has 0 spiro atoms. The molecule has 0 amide bonds. The molecule has 106 valence electrons. The molecule has 20 heavy (non-hydrogen) atoms. The van der Waals surface area contributed by atoms with Crippen molar-refractivity contribution in [1.82, 2.24) is 5.32 Å². The standard InChI is InChI=1S/C17H19ClFN/c1-4-20-10-14-9-13(5-6-17(14)19)15-7-12(3)16(18)8-11(15)2/h5-9,20H,4,10H2,1-3H3. The molecule has 0 heterocycles. The molecule has 0 saturated carbocycles. The van der Waals surface area contributed by atoms with Crippen molar-refractivity contribution in [2.75, 3.05) is 6.54 Å². The van der Waals surface area contributed by atoms with E-state index in [4.69, 9.17) is 11.6 Å². The first-order chi connectivity index (χ1) is 9.52. The average Bonchev–Trinajstić information content (AvgIpc) is 2.42. The number of hydrogen-bond donors (Lipinski definition) is 1. The van der Waals surface area contributed by atoms with Crippen LogP contribution in [0.1, 0.15) is 23.6 Å². The number of halogens is 2. The monoisotopic (exact) mass is 291 g/mol. The molecule has 0 aliphatic rings. The second-order valence-electron chi connectivity index (χ2n) is 5.00. The summed E-state index contributed by atoms with van der Waals surface area (Å²) in [6.45, 7) is 7.38. The lowest BCUT2D eigenvalue weighted by Gasteiger charge is -2.12. The molecule has 0 aliphatic carbocycles. The molecule has 0 unspecified atom stereocenters. The molecule has 2 rings (SSSR count). The smallest absolute Gasteiger partial charge is 0.127 e. The molecule has 1 nitrogen and oxygen atoms in total. The fourth-order valence-corrected chi connectivity index (χ4v) is 2.45. The maximum absolute atomic E-state index is 13.8. The highest BCUT2D eigenvalue weighted by Gasteiger charge is 2.09. The summed E-state index contributed by atoms with van der Waals surface area (Å²) in [4.78, 5) is 0. The largest absolute Gasteiger partial charge is 0.313 e. The first kappa shape index (κ1) is 15.0. The van der Waals surface area contributed by atoms with Crippen LogP contribution in [0.15, 0.2) is 30.3 Å². The highest BCUT2D eigenvalue weighted by molar-refractivity contribution is 6.31. The van der Waals surface area contributed by atoms with Crippen LogP contribution in [0.2, 0.25) is 5.02 Å². The molecule has 1 N–H and O–H groups in total. The van der Waals surface area contributed by atoms with Crippen LogP contribution in [-0.2, 0) is 6.54 Å². The van der Waals surface area contributed by atoms with E-state index in [2.05, 4.69) is 11.4 Å². The average molecular weight is 292 g/mol. The minimum Gasteiger partial charge on any atom is -0.313 e. The van der Waals surface area contributed by atoms with Gasteiger partial charge in [0.25, 0.3) is 0 Å². The van der Waals surface area contributed by atoms with E-state index in [0.29, 0.717) is 12.1 Å². The Kier molecular flexibility index (Phi) is 4.79. The predicted molar refractivity (Wildman–Crippen MR) is 83.7 cm³/mol. The zero-order chi connectivity index (χ0) is 14.7. The number of nitrogens with one attached hydrogen (secondary N) is 1. The summed E-state index contributed by atoms with van der Waals surface area (Å²) >= 11 is 6.13. The molecule has 0 fully saturated rings. The number of rotatable bonds is 4. The van der Waals surface area contributed by atoms with Gasteiger partial charge in [0, 0.05) is 17.1 Å². The van der Waals surface area contributed by atoms with Gasteiger partial charge in [-0.2, -0.15) is 0 Å². The van der Waals surface area contributed by atoms with Crippen LogP contribution in [-0.4, -0.2) is 6.54 Å². The molecule has 2 aromatic carbocycles. The Bertz CT molecular complexity index is 623. The van der Waals surface area contributed by atoms with E-state index >= 15 is 0 Å². The molecule has 0 aromatic heterocycles. The van der Waals surface area contributed by atoms with Crippen LogP contribution in [0.3, 0.4) is 0 Å². The van der Waals surface area contributed by atoms with E-state index in [1.165, 1.54) is 6.07 Å². The quantitative estimate of drug-likeness (QED) is 0.847. The minimum atomic E-state index is -0.168. The lowest BCUT2D eigenvalue weighted by molar-refractivity contribution is 0.593. The van der Waals surface area contributed by atoms with Gasteiger partial charge in [0.1, 0.15) is 5.82 Å². The highest BCUT2D eigenvalue weighted by atomic mass is 35.5. The van der Waals surface area contributed by atoms with Gasteiger partial charge in [0.2, 0.25) is 0 Å². The topological polar surface area (TPSA) is 12.0 Å². The Hall–Kier alpha value is -1.38. The van der Waals surface area contributed by atoms with E-state index in [-0.39, 0.29) is 5.82 Å². The second kappa shape index (κ2) is 6.38. The molecular weight excluding hydrogens is 273 g/mol. The third-order valence-corrected chi connectivity index (χ3v) is 3.84. The van der Waals surface area contributed by atoms with Crippen LogP contribution < -0.4 is 5.32 Å². The highest BCUT2D eigenvalue weighted by Crippen LogP contribution is 2.29. The zero-order valence-corrected chi connectivity index (χ0v) is 12.8. The molecule has 0 atom stereocenters. The van der Waals surface area contributed by atoms with Gasteiger partial charge >= 0.3 is 0 Å². The summed E-state index contributed by atoms with van der Waals surface area (Å²) in [6, 6.07) is 9.28. The fourth-order valence-electron chi connectivity index (χ4n) is 2.23. The summed E-state index contributed by atoms with van der Waals surface area (Å²) in [7, 11) is 0. The van der Waals surface area contributed by atoms with Crippen molar-refractivity contribution in [1.29, 1.82) is 0 Å². The van der Waals surface area contributed by atoms with E-state index in [1.807, 2.05) is 39.0 Å². The van der Waals surface area contributed by atoms with Gasteiger partial charge in [-0.1, -0.05) is 24.6 Å². The normalized spacial score (nSPS) is 10.8. The van der Waals surface area contributed by atoms with Crippen molar-refractivity contribution in [3.05, 3.63) is 57.9 Å². The second-order valence-corrected chi connectivity index (χ2v) is 5.41. The first-order valence-electron chi connectivity index (χ1n) is 6.79. The third-order valence-electron chi connectivity index (χ3n) is 3.43. The van der Waals surface area contributed by atoms with Gasteiger partial charge in [-0.3, -0.25) is 0 Å². The van der Waals surface area contributed by atoms with Crippen LogP contribution in [0, 0.1) is 19.7 Å². The van der Waals surface area contributed by atoms with Crippen molar-refractivity contribution in [3.8, 4) is 11.1 Å². The maximum atomic E-state index is 13.8. The number of benzene rings is 2. The number of aryl methyl sites for hydroxylation is 2. The van der Waals surface area contributed by atoms with E-state index in [0.717, 1.165) is 33.8 Å². The predicted octanol–water partition coefficient (Wildman–Crippen LogP) is 4.87. The Morgan fingerprint density at radius 2 is 1.85 bits per heavy atom. The Morgan fingerprint density at radius 1 is 1.10 bits per heavy atom. The third kappa shape index (κ3) is 3.20. The van der Waals surface area contributed by atoms with E-state index in [1.54, 1.807) is 0 Å². The van der Waals surface area contributed by atoms with Crippen molar-refractivity contribution in [2.45, 2.75) is 27.3 Å². The van der Waals surface area contributed by atoms with E-state index < -0.39 is 0 Å².